The fourth-order valence-electron chi connectivity index (χ4n) is 1.00. The van der Waals surface area contributed by atoms with Crippen molar-refractivity contribution < 1.29 is 9.53 Å². The molecule has 1 aromatic rings. The lowest BCUT2D eigenvalue weighted by atomic mass is 10.3. The van der Waals surface area contributed by atoms with Gasteiger partial charge in [-0.2, -0.15) is 0 Å². The highest BCUT2D eigenvalue weighted by atomic mass is 16.5. The van der Waals surface area contributed by atoms with Crippen LogP contribution in [0.5, 0.6) is 0 Å². The molecule has 4 N–H and O–H groups in total. The first kappa shape index (κ1) is 12.0. The third-order valence-electron chi connectivity index (χ3n) is 1.73. The fourth-order valence-corrected chi connectivity index (χ4v) is 1.00. The van der Waals surface area contributed by atoms with Gasteiger partial charge in [0.25, 0.3) is 0 Å². The number of anilines is 2. The maximum absolute atomic E-state index is 11.0. The van der Waals surface area contributed by atoms with Crippen molar-refractivity contribution in [2.24, 2.45) is 0 Å². The largest absolute Gasteiger partial charge is 0.466 e. The molecule has 0 radical (unpaired) electrons. The Bertz CT molecular complexity index is 404. The zero-order valence-corrected chi connectivity index (χ0v) is 9.01. The van der Waals surface area contributed by atoms with E-state index in [1.807, 2.05) is 0 Å². The van der Waals surface area contributed by atoms with Crippen LogP contribution < -0.4 is 11.5 Å². The number of carbonyl (C=O) groups excluding carboxylic acids is 1. The maximum Gasteiger partial charge on any atom is 0.309 e. The Kier molecular flexibility index (Phi) is 4.26. The molecule has 0 saturated carbocycles. The summed E-state index contributed by atoms with van der Waals surface area (Å²) in [5.74, 6) is 0.0935. The summed E-state index contributed by atoms with van der Waals surface area (Å²) in [6, 6.07) is 0. The minimum atomic E-state index is -0.282. The van der Waals surface area contributed by atoms with E-state index < -0.39 is 0 Å². The van der Waals surface area contributed by atoms with Crippen LogP contribution in [0.25, 0.3) is 6.08 Å². The summed E-state index contributed by atoms with van der Waals surface area (Å²) in [5, 5.41) is 0. The number of nitrogens with zero attached hydrogens (tertiary/aromatic N) is 2. The number of hydrogen-bond acceptors (Lipinski definition) is 6. The zero-order chi connectivity index (χ0) is 12.0. The maximum atomic E-state index is 11.0. The Balaban J connectivity index is 2.56. The zero-order valence-electron chi connectivity index (χ0n) is 9.01. The number of ether oxygens (including phenoxy) is 1. The number of aromatic nitrogens is 2. The highest BCUT2D eigenvalue weighted by Crippen LogP contribution is 2.08. The topological polar surface area (TPSA) is 104 Å². The van der Waals surface area contributed by atoms with Gasteiger partial charge in [-0.1, -0.05) is 6.08 Å². The molecule has 1 aromatic heterocycles. The molecule has 0 bridgehead atoms. The molecule has 0 aliphatic carbocycles. The van der Waals surface area contributed by atoms with Crippen LogP contribution in [0.1, 0.15) is 19.0 Å². The SMILES string of the molecule is CCOC(=O)CC=Cc1cnc(N)c(N)n1. The predicted molar refractivity (Wildman–Crippen MR) is 61.1 cm³/mol. The van der Waals surface area contributed by atoms with Crippen LogP contribution in [0.15, 0.2) is 12.3 Å². The van der Waals surface area contributed by atoms with Crippen molar-refractivity contribution in [2.45, 2.75) is 13.3 Å². The molecule has 0 spiro atoms. The van der Waals surface area contributed by atoms with Crippen molar-refractivity contribution in [1.82, 2.24) is 9.97 Å². The van der Waals surface area contributed by atoms with Gasteiger partial charge in [0.1, 0.15) is 0 Å². The van der Waals surface area contributed by atoms with E-state index in [1.165, 1.54) is 6.20 Å². The van der Waals surface area contributed by atoms with Gasteiger partial charge in [-0.05, 0) is 13.0 Å². The molecule has 0 aliphatic rings. The van der Waals surface area contributed by atoms with Gasteiger partial charge in [0.2, 0.25) is 0 Å². The van der Waals surface area contributed by atoms with E-state index in [0.29, 0.717) is 12.3 Å². The first-order valence-electron chi connectivity index (χ1n) is 4.83. The number of esters is 1. The van der Waals surface area contributed by atoms with Gasteiger partial charge in [-0.3, -0.25) is 4.79 Å². The van der Waals surface area contributed by atoms with Crippen molar-refractivity contribution in [2.75, 3.05) is 18.1 Å². The number of hydrogen-bond donors (Lipinski definition) is 2. The third kappa shape index (κ3) is 3.56. The molecule has 0 amide bonds. The summed E-state index contributed by atoms with van der Waals surface area (Å²) in [7, 11) is 0. The number of carbonyl (C=O) groups is 1. The van der Waals surface area contributed by atoms with Gasteiger partial charge in [0, 0.05) is 0 Å². The molecule has 1 heterocycles. The molecule has 16 heavy (non-hydrogen) atoms. The monoisotopic (exact) mass is 222 g/mol. The van der Waals surface area contributed by atoms with Crippen molar-refractivity contribution in [3.05, 3.63) is 18.0 Å². The average molecular weight is 222 g/mol. The van der Waals surface area contributed by atoms with Crippen LogP contribution in [0.3, 0.4) is 0 Å². The predicted octanol–water partition coefficient (Wildman–Crippen LogP) is 0.607. The van der Waals surface area contributed by atoms with Gasteiger partial charge in [0.15, 0.2) is 11.6 Å². The molecule has 1 rings (SSSR count). The quantitative estimate of drug-likeness (QED) is 0.723. The van der Waals surface area contributed by atoms with Crippen LogP contribution in [0.2, 0.25) is 0 Å². The summed E-state index contributed by atoms with van der Waals surface area (Å²) in [4.78, 5) is 18.8. The first-order valence-corrected chi connectivity index (χ1v) is 4.83. The van der Waals surface area contributed by atoms with E-state index in [2.05, 4.69) is 9.97 Å². The van der Waals surface area contributed by atoms with Gasteiger partial charge in [-0.15, -0.1) is 0 Å². The molecule has 0 atom stereocenters. The summed E-state index contributed by atoms with van der Waals surface area (Å²) in [5.41, 5.74) is 11.4. The van der Waals surface area contributed by atoms with E-state index in [0.717, 1.165) is 0 Å². The second-order valence-electron chi connectivity index (χ2n) is 2.98. The first-order chi connectivity index (χ1) is 7.63. The summed E-state index contributed by atoms with van der Waals surface area (Å²) >= 11 is 0. The van der Waals surface area contributed by atoms with E-state index >= 15 is 0 Å². The minimum Gasteiger partial charge on any atom is -0.466 e. The molecule has 6 heteroatoms. The van der Waals surface area contributed by atoms with Crippen LogP contribution in [-0.2, 0) is 9.53 Å². The van der Waals surface area contributed by atoms with Crippen molar-refractivity contribution in [1.29, 1.82) is 0 Å². The van der Waals surface area contributed by atoms with Gasteiger partial charge < -0.3 is 16.2 Å². The van der Waals surface area contributed by atoms with E-state index in [9.17, 15) is 4.79 Å². The fraction of sp³-hybridized carbons (Fsp3) is 0.300. The molecule has 86 valence electrons. The van der Waals surface area contributed by atoms with Crippen LogP contribution in [0, 0.1) is 0 Å². The Morgan fingerprint density at radius 3 is 2.88 bits per heavy atom. The standard InChI is InChI=1S/C10H14N4O2/c1-2-16-8(15)5-3-4-7-6-13-9(11)10(12)14-7/h3-4,6H,2,5H2,1H3,(H2,11,13)(H2,12,14). The lowest BCUT2D eigenvalue weighted by Gasteiger charge is -1.99. The van der Waals surface area contributed by atoms with E-state index in [-0.39, 0.29) is 24.0 Å². The number of rotatable bonds is 4. The van der Waals surface area contributed by atoms with Crippen molar-refractivity contribution >= 4 is 23.7 Å². The van der Waals surface area contributed by atoms with Gasteiger partial charge in [0.05, 0.1) is 24.9 Å². The van der Waals surface area contributed by atoms with Gasteiger partial charge in [-0.25, -0.2) is 9.97 Å². The Morgan fingerprint density at radius 2 is 2.25 bits per heavy atom. The van der Waals surface area contributed by atoms with Crippen LogP contribution in [0.4, 0.5) is 11.6 Å². The smallest absolute Gasteiger partial charge is 0.309 e. The molecular formula is C10H14N4O2. The minimum absolute atomic E-state index is 0.179. The van der Waals surface area contributed by atoms with Crippen LogP contribution >= 0.6 is 0 Å². The van der Waals surface area contributed by atoms with E-state index in [4.69, 9.17) is 16.2 Å². The van der Waals surface area contributed by atoms with Crippen LogP contribution in [-0.4, -0.2) is 22.5 Å². The summed E-state index contributed by atoms with van der Waals surface area (Å²) in [6.45, 7) is 2.13. The molecular weight excluding hydrogens is 208 g/mol. The highest BCUT2D eigenvalue weighted by molar-refractivity contribution is 5.72. The summed E-state index contributed by atoms with van der Waals surface area (Å²) < 4.78 is 4.75. The molecule has 6 nitrogen and oxygen atoms in total. The van der Waals surface area contributed by atoms with Crippen molar-refractivity contribution in [3.63, 3.8) is 0 Å². The molecule has 0 saturated heterocycles. The normalized spacial score (nSPS) is 10.6. The van der Waals surface area contributed by atoms with Gasteiger partial charge >= 0.3 is 5.97 Å². The second-order valence-corrected chi connectivity index (χ2v) is 2.98. The van der Waals surface area contributed by atoms with Crippen molar-refractivity contribution in [3.8, 4) is 0 Å². The van der Waals surface area contributed by atoms with E-state index in [1.54, 1.807) is 19.1 Å². The molecule has 0 aromatic carbocycles. The Labute approximate surface area is 93.3 Å². The average Bonchev–Trinajstić information content (AvgIpc) is 2.24. The molecule has 0 fully saturated rings. The Morgan fingerprint density at radius 1 is 1.50 bits per heavy atom. The molecule has 0 unspecified atom stereocenters. The highest BCUT2D eigenvalue weighted by Gasteiger charge is 1.99. The Hall–Kier alpha value is -2.11. The summed E-state index contributed by atoms with van der Waals surface area (Å²) in [6.07, 6.45) is 4.95. The molecule has 0 aliphatic heterocycles. The number of nitrogens with two attached hydrogens (primary N) is 2. The second kappa shape index (κ2) is 5.69. The lowest BCUT2D eigenvalue weighted by molar-refractivity contribution is -0.142. The lowest BCUT2D eigenvalue weighted by Crippen LogP contribution is -2.02. The number of nitrogen functional groups attached to an aromatic ring is 2. The third-order valence-corrected chi connectivity index (χ3v) is 1.73.